The molecule has 0 amide bonds. The minimum Gasteiger partial charge on any atom is -0.393 e. The van der Waals surface area contributed by atoms with Crippen LogP contribution in [0.4, 0.5) is 0 Å². The standard InChI is InChI=1S/C12H19NO2/c1-2-8-15-9-6-12(14)10-11-5-3-4-7-13-11/h3-5,7,12,14H,2,6,8-10H2,1H3. The molecule has 1 N–H and O–H groups in total. The highest BCUT2D eigenvalue weighted by Crippen LogP contribution is 2.02. The number of aromatic nitrogens is 1. The molecule has 1 aromatic heterocycles. The van der Waals surface area contributed by atoms with Crippen LogP contribution in [0.15, 0.2) is 24.4 Å². The zero-order valence-electron chi connectivity index (χ0n) is 9.22. The van der Waals surface area contributed by atoms with E-state index >= 15 is 0 Å². The van der Waals surface area contributed by atoms with Gasteiger partial charge in [0.05, 0.1) is 6.10 Å². The minimum absolute atomic E-state index is 0.350. The van der Waals surface area contributed by atoms with Crippen LogP contribution in [0.3, 0.4) is 0 Å². The summed E-state index contributed by atoms with van der Waals surface area (Å²) in [6, 6.07) is 5.74. The third-order valence-electron chi connectivity index (χ3n) is 2.11. The number of nitrogens with zero attached hydrogens (tertiary/aromatic N) is 1. The molecule has 0 spiro atoms. The third kappa shape index (κ3) is 5.50. The summed E-state index contributed by atoms with van der Waals surface area (Å²) in [5, 5.41) is 9.68. The molecule has 0 aliphatic carbocycles. The first kappa shape index (κ1) is 12.1. The first-order chi connectivity index (χ1) is 7.33. The van der Waals surface area contributed by atoms with Gasteiger partial charge < -0.3 is 9.84 Å². The molecular formula is C12H19NO2. The Bertz CT molecular complexity index is 251. The van der Waals surface area contributed by atoms with Gasteiger partial charge in [-0.05, 0) is 25.0 Å². The Balaban J connectivity index is 2.16. The van der Waals surface area contributed by atoms with Gasteiger partial charge in [0.15, 0.2) is 0 Å². The molecule has 1 aromatic rings. The molecule has 0 aromatic carbocycles. The van der Waals surface area contributed by atoms with E-state index in [1.807, 2.05) is 18.2 Å². The summed E-state index contributed by atoms with van der Waals surface area (Å²) in [6.07, 6.45) is 3.70. The highest BCUT2D eigenvalue weighted by atomic mass is 16.5. The van der Waals surface area contributed by atoms with Crippen LogP contribution in [0.1, 0.15) is 25.5 Å². The first-order valence-corrected chi connectivity index (χ1v) is 5.48. The van der Waals surface area contributed by atoms with Gasteiger partial charge in [-0.15, -0.1) is 0 Å². The number of aliphatic hydroxyl groups excluding tert-OH is 1. The van der Waals surface area contributed by atoms with Crippen molar-refractivity contribution < 1.29 is 9.84 Å². The minimum atomic E-state index is -0.350. The SMILES string of the molecule is CCCOCCC(O)Cc1ccccn1. The Labute approximate surface area is 91.1 Å². The van der Waals surface area contributed by atoms with E-state index in [4.69, 9.17) is 4.74 Å². The fourth-order valence-electron chi connectivity index (χ4n) is 1.33. The lowest BCUT2D eigenvalue weighted by Crippen LogP contribution is -2.14. The molecule has 84 valence electrons. The normalized spacial score (nSPS) is 12.7. The number of pyridine rings is 1. The van der Waals surface area contributed by atoms with Crippen LogP contribution in [0.5, 0.6) is 0 Å². The average molecular weight is 209 g/mol. The molecule has 1 heterocycles. The highest BCUT2D eigenvalue weighted by molar-refractivity contribution is 5.04. The topological polar surface area (TPSA) is 42.4 Å². The summed E-state index contributed by atoms with van der Waals surface area (Å²) < 4.78 is 5.31. The summed E-state index contributed by atoms with van der Waals surface area (Å²) in [4.78, 5) is 4.16. The Hall–Kier alpha value is -0.930. The van der Waals surface area contributed by atoms with Gasteiger partial charge in [-0.1, -0.05) is 13.0 Å². The maximum absolute atomic E-state index is 9.68. The smallest absolute Gasteiger partial charge is 0.0617 e. The van der Waals surface area contributed by atoms with E-state index in [0.717, 1.165) is 18.7 Å². The van der Waals surface area contributed by atoms with Crippen LogP contribution in [0.25, 0.3) is 0 Å². The largest absolute Gasteiger partial charge is 0.393 e. The Kier molecular flexibility index (Phi) is 5.97. The first-order valence-electron chi connectivity index (χ1n) is 5.48. The van der Waals surface area contributed by atoms with E-state index in [-0.39, 0.29) is 6.10 Å². The van der Waals surface area contributed by atoms with Crippen molar-refractivity contribution in [3.05, 3.63) is 30.1 Å². The molecule has 1 rings (SSSR count). The number of aliphatic hydroxyl groups is 1. The van der Waals surface area contributed by atoms with Crippen molar-refractivity contribution in [3.63, 3.8) is 0 Å². The van der Waals surface area contributed by atoms with Crippen molar-refractivity contribution in [3.8, 4) is 0 Å². The second kappa shape index (κ2) is 7.37. The summed E-state index contributed by atoms with van der Waals surface area (Å²) in [6.45, 7) is 3.47. The Morgan fingerprint density at radius 1 is 1.40 bits per heavy atom. The van der Waals surface area contributed by atoms with E-state index in [9.17, 15) is 5.11 Å². The van der Waals surface area contributed by atoms with Crippen molar-refractivity contribution in [1.29, 1.82) is 0 Å². The van der Waals surface area contributed by atoms with Crippen molar-refractivity contribution in [1.82, 2.24) is 4.98 Å². The maximum atomic E-state index is 9.68. The van der Waals surface area contributed by atoms with Gasteiger partial charge in [-0.2, -0.15) is 0 Å². The number of rotatable bonds is 7. The van der Waals surface area contributed by atoms with Crippen LogP contribution >= 0.6 is 0 Å². The van der Waals surface area contributed by atoms with Crippen LogP contribution in [0.2, 0.25) is 0 Å². The van der Waals surface area contributed by atoms with Crippen LogP contribution in [0, 0.1) is 0 Å². The molecule has 1 atom stereocenters. The molecule has 0 aliphatic rings. The summed E-state index contributed by atoms with van der Waals surface area (Å²) in [5.41, 5.74) is 0.931. The van der Waals surface area contributed by atoms with Crippen molar-refractivity contribution >= 4 is 0 Å². The zero-order chi connectivity index (χ0) is 10.9. The fourth-order valence-corrected chi connectivity index (χ4v) is 1.33. The van der Waals surface area contributed by atoms with Gasteiger partial charge in [0, 0.05) is 31.5 Å². The van der Waals surface area contributed by atoms with Crippen LogP contribution in [-0.2, 0) is 11.2 Å². The predicted octanol–water partition coefficient (Wildman–Crippen LogP) is 1.80. The summed E-state index contributed by atoms with van der Waals surface area (Å²) >= 11 is 0. The molecule has 0 bridgehead atoms. The van der Waals surface area contributed by atoms with E-state index in [1.165, 1.54) is 0 Å². The highest BCUT2D eigenvalue weighted by Gasteiger charge is 2.05. The Morgan fingerprint density at radius 2 is 2.27 bits per heavy atom. The molecule has 15 heavy (non-hydrogen) atoms. The second-order valence-corrected chi connectivity index (χ2v) is 3.58. The van der Waals surface area contributed by atoms with E-state index < -0.39 is 0 Å². The molecule has 3 heteroatoms. The van der Waals surface area contributed by atoms with Gasteiger partial charge in [0.1, 0.15) is 0 Å². The van der Waals surface area contributed by atoms with Gasteiger partial charge >= 0.3 is 0 Å². The van der Waals surface area contributed by atoms with E-state index in [2.05, 4.69) is 11.9 Å². The number of ether oxygens (including phenoxy) is 1. The van der Waals surface area contributed by atoms with Gasteiger partial charge in [0.25, 0.3) is 0 Å². The molecule has 0 radical (unpaired) electrons. The van der Waals surface area contributed by atoms with Crippen LogP contribution in [-0.4, -0.2) is 29.4 Å². The van der Waals surface area contributed by atoms with Gasteiger partial charge in [-0.3, -0.25) is 4.98 Å². The van der Waals surface area contributed by atoms with Gasteiger partial charge in [0.2, 0.25) is 0 Å². The molecule has 1 unspecified atom stereocenters. The van der Waals surface area contributed by atoms with Crippen molar-refractivity contribution in [2.24, 2.45) is 0 Å². The predicted molar refractivity (Wildman–Crippen MR) is 59.7 cm³/mol. The lowest BCUT2D eigenvalue weighted by molar-refractivity contribution is 0.0820. The Morgan fingerprint density at radius 3 is 2.93 bits per heavy atom. The van der Waals surface area contributed by atoms with Crippen molar-refractivity contribution in [2.45, 2.75) is 32.3 Å². The monoisotopic (exact) mass is 209 g/mol. The molecule has 0 aliphatic heterocycles. The fraction of sp³-hybridized carbons (Fsp3) is 0.583. The van der Waals surface area contributed by atoms with E-state index in [0.29, 0.717) is 19.4 Å². The molecular weight excluding hydrogens is 190 g/mol. The van der Waals surface area contributed by atoms with Crippen molar-refractivity contribution in [2.75, 3.05) is 13.2 Å². The third-order valence-corrected chi connectivity index (χ3v) is 2.11. The molecule has 0 saturated carbocycles. The summed E-state index contributed by atoms with van der Waals surface area (Å²) in [7, 11) is 0. The molecule has 3 nitrogen and oxygen atoms in total. The number of hydrogen-bond donors (Lipinski definition) is 1. The average Bonchev–Trinajstić information content (AvgIpc) is 2.26. The lowest BCUT2D eigenvalue weighted by atomic mass is 10.1. The lowest BCUT2D eigenvalue weighted by Gasteiger charge is -2.09. The summed E-state index contributed by atoms with van der Waals surface area (Å²) in [5.74, 6) is 0. The number of hydrogen-bond acceptors (Lipinski definition) is 3. The van der Waals surface area contributed by atoms with Gasteiger partial charge in [-0.25, -0.2) is 0 Å². The van der Waals surface area contributed by atoms with Crippen LogP contribution < -0.4 is 0 Å². The molecule has 0 saturated heterocycles. The van der Waals surface area contributed by atoms with E-state index in [1.54, 1.807) is 6.20 Å². The quantitative estimate of drug-likeness (QED) is 0.696. The maximum Gasteiger partial charge on any atom is 0.0617 e. The molecule has 0 fully saturated rings. The zero-order valence-corrected chi connectivity index (χ0v) is 9.22. The second-order valence-electron chi connectivity index (χ2n) is 3.58.